The number of rotatable bonds is 7. The van der Waals surface area contributed by atoms with Gasteiger partial charge in [0.1, 0.15) is 5.75 Å². The minimum atomic E-state index is 0. The lowest BCUT2D eigenvalue weighted by atomic mass is 10.0. The van der Waals surface area contributed by atoms with Crippen LogP contribution in [0.3, 0.4) is 0 Å². The van der Waals surface area contributed by atoms with E-state index in [0.717, 1.165) is 57.5 Å². The number of aliphatic imine (C=N–C) groups is 1. The lowest BCUT2D eigenvalue weighted by Crippen LogP contribution is -2.55. The molecule has 7 nitrogen and oxygen atoms in total. The number of likely N-dealkylation sites (tertiary alicyclic amines) is 1. The van der Waals surface area contributed by atoms with Gasteiger partial charge in [0.15, 0.2) is 5.96 Å². The summed E-state index contributed by atoms with van der Waals surface area (Å²) < 4.78 is 5.66. The zero-order chi connectivity index (χ0) is 20.6. The molecule has 30 heavy (non-hydrogen) atoms. The normalized spacial score (nSPS) is 22.4. The van der Waals surface area contributed by atoms with Crippen LogP contribution in [-0.4, -0.2) is 101 Å². The van der Waals surface area contributed by atoms with Gasteiger partial charge in [-0.05, 0) is 46.1 Å². The highest BCUT2D eigenvalue weighted by Gasteiger charge is 2.26. The highest BCUT2D eigenvalue weighted by Crippen LogP contribution is 2.31. The van der Waals surface area contributed by atoms with Crippen molar-refractivity contribution in [2.75, 3.05) is 74.1 Å². The Balaban J connectivity index is 0.00000320. The molecule has 0 spiro atoms. The largest absolute Gasteiger partial charge is 0.496 e. The molecule has 0 bridgehead atoms. The maximum atomic E-state index is 5.66. The molecule has 2 N–H and O–H groups in total. The first-order chi connectivity index (χ1) is 14.1. The lowest BCUT2D eigenvalue weighted by molar-refractivity contribution is 0.116. The van der Waals surface area contributed by atoms with E-state index in [2.05, 4.69) is 62.6 Å². The number of nitrogens with one attached hydrogen (secondary N) is 2. The van der Waals surface area contributed by atoms with Crippen molar-refractivity contribution in [1.82, 2.24) is 25.3 Å². The molecule has 2 unspecified atom stereocenters. The van der Waals surface area contributed by atoms with Gasteiger partial charge in [0, 0.05) is 51.4 Å². The van der Waals surface area contributed by atoms with E-state index in [-0.39, 0.29) is 30.0 Å². The van der Waals surface area contributed by atoms with Gasteiger partial charge in [-0.25, -0.2) is 0 Å². The molecule has 1 aromatic rings. The van der Waals surface area contributed by atoms with Crippen molar-refractivity contribution in [2.45, 2.75) is 24.9 Å². The summed E-state index contributed by atoms with van der Waals surface area (Å²) in [5.41, 5.74) is 1.24. The molecule has 170 valence electrons. The third-order valence-electron chi connectivity index (χ3n) is 6.25. The van der Waals surface area contributed by atoms with Crippen LogP contribution in [0.25, 0.3) is 0 Å². The topological polar surface area (TPSA) is 55.4 Å². The van der Waals surface area contributed by atoms with E-state index in [1.807, 2.05) is 13.1 Å². The fourth-order valence-corrected chi connectivity index (χ4v) is 4.38. The van der Waals surface area contributed by atoms with Crippen molar-refractivity contribution in [3.8, 4) is 5.75 Å². The second-order valence-corrected chi connectivity index (χ2v) is 8.23. The van der Waals surface area contributed by atoms with Crippen molar-refractivity contribution in [3.63, 3.8) is 0 Å². The van der Waals surface area contributed by atoms with E-state index in [0.29, 0.717) is 6.04 Å². The number of halogens is 1. The van der Waals surface area contributed by atoms with Crippen LogP contribution in [-0.2, 0) is 0 Å². The van der Waals surface area contributed by atoms with Gasteiger partial charge in [-0.2, -0.15) is 0 Å². The Morgan fingerprint density at radius 3 is 2.57 bits per heavy atom. The predicted octanol–water partition coefficient (Wildman–Crippen LogP) is 1.86. The Morgan fingerprint density at radius 1 is 1.13 bits per heavy atom. The molecule has 0 radical (unpaired) electrons. The smallest absolute Gasteiger partial charge is 0.191 e. The Kier molecular flexibility index (Phi) is 10.6. The zero-order valence-electron chi connectivity index (χ0n) is 18.9. The van der Waals surface area contributed by atoms with Crippen molar-refractivity contribution in [3.05, 3.63) is 29.8 Å². The minimum Gasteiger partial charge on any atom is -0.496 e. The molecule has 3 rings (SSSR count). The number of ether oxygens (including phenoxy) is 1. The number of benzene rings is 1. The van der Waals surface area contributed by atoms with Gasteiger partial charge in [-0.1, -0.05) is 18.2 Å². The fraction of sp³-hybridized carbons (Fsp3) is 0.682. The zero-order valence-corrected chi connectivity index (χ0v) is 21.3. The molecule has 0 amide bonds. The summed E-state index contributed by atoms with van der Waals surface area (Å²) in [6.45, 7) is 7.30. The number of para-hydroxylation sites is 1. The first-order valence-electron chi connectivity index (χ1n) is 10.8. The number of hydrogen-bond acceptors (Lipinski definition) is 5. The van der Waals surface area contributed by atoms with Crippen LogP contribution in [0.5, 0.6) is 5.75 Å². The molecule has 0 aliphatic carbocycles. The Hall–Kier alpha value is -1.10. The number of hydrogen-bond donors (Lipinski definition) is 2. The second kappa shape index (κ2) is 12.7. The third-order valence-corrected chi connectivity index (χ3v) is 6.25. The molecule has 2 heterocycles. The van der Waals surface area contributed by atoms with Crippen LogP contribution in [0.2, 0.25) is 0 Å². The van der Waals surface area contributed by atoms with E-state index >= 15 is 0 Å². The Bertz CT molecular complexity index is 667. The van der Waals surface area contributed by atoms with Gasteiger partial charge in [0.05, 0.1) is 13.2 Å². The standard InChI is InChI=1S/C22H38N6O.HI/c1-23-22(24-15-18-17-26(2)13-14-27(18)3)25-16-20(28-11-7-8-12-28)19-9-5-6-10-21(19)29-4;/h5-6,9-10,18,20H,7-8,11-17H2,1-4H3,(H2,23,24,25);1H. The van der Waals surface area contributed by atoms with E-state index in [9.17, 15) is 0 Å². The third kappa shape index (κ3) is 6.70. The molecule has 0 aromatic heterocycles. The van der Waals surface area contributed by atoms with E-state index in [1.165, 1.54) is 18.4 Å². The van der Waals surface area contributed by atoms with Gasteiger partial charge in [-0.3, -0.25) is 14.8 Å². The average molecular weight is 530 g/mol. The summed E-state index contributed by atoms with van der Waals surface area (Å²) in [6.07, 6.45) is 2.53. The monoisotopic (exact) mass is 530 g/mol. The molecule has 2 atom stereocenters. The van der Waals surface area contributed by atoms with Crippen molar-refractivity contribution in [1.29, 1.82) is 0 Å². The van der Waals surface area contributed by atoms with Crippen LogP contribution in [0.15, 0.2) is 29.3 Å². The van der Waals surface area contributed by atoms with Gasteiger partial charge >= 0.3 is 0 Å². The van der Waals surface area contributed by atoms with E-state index in [1.54, 1.807) is 7.11 Å². The summed E-state index contributed by atoms with van der Waals surface area (Å²) in [7, 11) is 8.01. The summed E-state index contributed by atoms with van der Waals surface area (Å²) in [5, 5.41) is 7.11. The van der Waals surface area contributed by atoms with Crippen molar-refractivity contribution >= 4 is 29.9 Å². The number of likely N-dealkylation sites (N-methyl/N-ethyl adjacent to an activating group) is 2. The molecule has 2 fully saturated rings. The molecule has 0 saturated carbocycles. The predicted molar refractivity (Wildman–Crippen MR) is 135 cm³/mol. The maximum absolute atomic E-state index is 5.66. The molecular weight excluding hydrogens is 491 g/mol. The molecule has 8 heteroatoms. The van der Waals surface area contributed by atoms with E-state index < -0.39 is 0 Å². The summed E-state index contributed by atoms with van der Waals surface area (Å²) in [4.78, 5) is 11.9. The number of piperazine rings is 1. The summed E-state index contributed by atoms with van der Waals surface area (Å²) in [5.74, 6) is 1.83. The number of guanidine groups is 1. The quantitative estimate of drug-likeness (QED) is 0.319. The van der Waals surface area contributed by atoms with E-state index in [4.69, 9.17) is 4.74 Å². The summed E-state index contributed by atoms with van der Waals surface area (Å²) in [6, 6.07) is 9.15. The minimum absolute atomic E-state index is 0. The van der Waals surface area contributed by atoms with Gasteiger partial charge < -0.3 is 20.3 Å². The molecule has 2 saturated heterocycles. The van der Waals surface area contributed by atoms with Crippen molar-refractivity contribution in [2.24, 2.45) is 4.99 Å². The van der Waals surface area contributed by atoms with Gasteiger partial charge in [-0.15, -0.1) is 24.0 Å². The molecule has 2 aliphatic rings. The first kappa shape index (κ1) is 25.2. The summed E-state index contributed by atoms with van der Waals surface area (Å²) >= 11 is 0. The molecular formula is C22H39IN6O. The van der Waals surface area contributed by atoms with Crippen LogP contribution >= 0.6 is 24.0 Å². The Labute approximate surface area is 199 Å². The maximum Gasteiger partial charge on any atom is 0.191 e. The first-order valence-corrected chi connectivity index (χ1v) is 10.8. The highest BCUT2D eigenvalue weighted by atomic mass is 127. The van der Waals surface area contributed by atoms with Gasteiger partial charge in [0.25, 0.3) is 0 Å². The number of nitrogens with zero attached hydrogens (tertiary/aromatic N) is 4. The fourth-order valence-electron chi connectivity index (χ4n) is 4.38. The number of methoxy groups -OCH3 is 1. The average Bonchev–Trinajstić information content (AvgIpc) is 3.27. The van der Waals surface area contributed by atoms with Crippen LogP contribution in [0, 0.1) is 0 Å². The van der Waals surface area contributed by atoms with Crippen LogP contribution in [0.4, 0.5) is 0 Å². The lowest BCUT2D eigenvalue weighted by Gasteiger charge is -2.38. The second-order valence-electron chi connectivity index (χ2n) is 8.23. The van der Waals surface area contributed by atoms with Crippen LogP contribution in [0.1, 0.15) is 24.4 Å². The van der Waals surface area contributed by atoms with Crippen LogP contribution < -0.4 is 15.4 Å². The molecule has 2 aliphatic heterocycles. The Morgan fingerprint density at radius 2 is 1.87 bits per heavy atom. The molecule has 1 aromatic carbocycles. The van der Waals surface area contributed by atoms with Crippen molar-refractivity contribution < 1.29 is 4.74 Å². The van der Waals surface area contributed by atoms with Gasteiger partial charge in [0.2, 0.25) is 0 Å². The highest BCUT2D eigenvalue weighted by molar-refractivity contribution is 14.0. The SMILES string of the molecule is CN=C(NCC1CN(C)CCN1C)NCC(c1ccccc1OC)N1CCCC1.I.